The Morgan fingerprint density at radius 2 is 1.88 bits per heavy atom. The topological polar surface area (TPSA) is 124 Å². The summed E-state index contributed by atoms with van der Waals surface area (Å²) in [4.78, 5) is 22.5. The number of hydrogen-bond acceptors (Lipinski definition) is 5. The average molecular weight is 388 g/mol. The second kappa shape index (κ2) is 7.68. The summed E-state index contributed by atoms with van der Waals surface area (Å²) in [5, 5.41) is 20.8. The number of sulfonamides is 1. The van der Waals surface area contributed by atoms with Crippen LogP contribution in [-0.2, 0) is 19.6 Å². The molecule has 1 aliphatic rings. The van der Waals surface area contributed by atoms with Crippen LogP contribution in [0.4, 0.5) is 4.39 Å². The number of carboxylic acid groups (broad SMARTS) is 1. The quantitative estimate of drug-likeness (QED) is 0.639. The Balaban J connectivity index is 1.96. The molecule has 1 saturated heterocycles. The first-order chi connectivity index (χ1) is 12.1. The van der Waals surface area contributed by atoms with E-state index in [0.29, 0.717) is 0 Å². The number of nitrogens with zero attached hydrogens (tertiary/aromatic N) is 1. The lowest BCUT2D eigenvalue weighted by molar-refractivity contribution is -0.156. The Hall–Kier alpha value is -2.04. The van der Waals surface area contributed by atoms with E-state index in [4.69, 9.17) is 5.11 Å². The minimum absolute atomic E-state index is 0.0457. The van der Waals surface area contributed by atoms with Crippen LogP contribution in [0.15, 0.2) is 29.2 Å². The van der Waals surface area contributed by atoms with Gasteiger partial charge in [0.15, 0.2) is 5.60 Å². The summed E-state index contributed by atoms with van der Waals surface area (Å²) in [7, 11) is -3.98. The molecule has 3 N–H and O–H groups in total. The molecule has 0 bridgehead atoms. The van der Waals surface area contributed by atoms with Gasteiger partial charge in [-0.25, -0.2) is 17.6 Å². The lowest BCUT2D eigenvalue weighted by Gasteiger charge is -2.31. The molecule has 1 atom stereocenters. The summed E-state index contributed by atoms with van der Waals surface area (Å²) in [6, 6.07) is 5.10. The molecule has 26 heavy (non-hydrogen) atoms. The fraction of sp³-hybridized carbons (Fsp3) is 0.500. The number of carbonyl (C=O) groups is 2. The number of halogens is 1. The van der Waals surface area contributed by atoms with Crippen LogP contribution in [0.2, 0.25) is 0 Å². The van der Waals surface area contributed by atoms with Crippen LogP contribution in [0.3, 0.4) is 0 Å². The van der Waals surface area contributed by atoms with Gasteiger partial charge in [0.2, 0.25) is 15.9 Å². The van der Waals surface area contributed by atoms with E-state index in [-0.39, 0.29) is 25.9 Å². The predicted octanol–water partition coefficient (Wildman–Crippen LogP) is 0.178. The molecule has 0 radical (unpaired) electrons. The molecule has 0 spiro atoms. The molecule has 1 aromatic carbocycles. The zero-order chi connectivity index (χ0) is 19.5. The highest BCUT2D eigenvalue weighted by Crippen LogP contribution is 2.25. The van der Waals surface area contributed by atoms with Crippen molar-refractivity contribution in [2.24, 2.45) is 5.92 Å². The van der Waals surface area contributed by atoms with Gasteiger partial charge in [-0.05, 0) is 31.9 Å². The van der Waals surface area contributed by atoms with Crippen LogP contribution in [0, 0.1) is 11.7 Å². The maximum Gasteiger partial charge on any atom is 0.337 e. The Bertz CT molecular complexity index is 788. The van der Waals surface area contributed by atoms with Crippen molar-refractivity contribution in [3.8, 4) is 0 Å². The van der Waals surface area contributed by atoms with Crippen LogP contribution in [0.25, 0.3) is 0 Å². The molecule has 10 heteroatoms. The van der Waals surface area contributed by atoms with Crippen molar-refractivity contribution in [1.82, 2.24) is 9.62 Å². The maximum absolute atomic E-state index is 13.8. The van der Waals surface area contributed by atoms with E-state index in [1.165, 1.54) is 18.2 Å². The van der Waals surface area contributed by atoms with Crippen molar-refractivity contribution in [1.29, 1.82) is 0 Å². The van der Waals surface area contributed by atoms with Crippen LogP contribution >= 0.6 is 0 Å². The summed E-state index contributed by atoms with van der Waals surface area (Å²) >= 11 is 0. The molecule has 0 aromatic heterocycles. The van der Waals surface area contributed by atoms with Crippen LogP contribution in [0.5, 0.6) is 0 Å². The number of benzene rings is 1. The normalized spacial score (nSPS) is 18.9. The monoisotopic (exact) mass is 388 g/mol. The summed E-state index contributed by atoms with van der Waals surface area (Å²) in [6.45, 7) is 0.711. The lowest BCUT2D eigenvalue weighted by atomic mass is 9.97. The van der Waals surface area contributed by atoms with Crippen molar-refractivity contribution in [2.75, 3.05) is 19.6 Å². The standard InChI is InChI=1S/C16H21FN2O6S/c1-16(23,15(21)22)10-18-14(20)11-6-8-19(9-7-11)26(24,25)13-5-3-2-4-12(13)17/h2-5,11,23H,6-10H2,1H3,(H,18,20)(H,21,22). The number of carboxylic acids is 1. The number of carbonyl (C=O) groups excluding carboxylic acids is 1. The minimum Gasteiger partial charge on any atom is -0.479 e. The third-order valence-corrected chi connectivity index (χ3v) is 6.28. The molecular formula is C16H21FN2O6S. The van der Waals surface area contributed by atoms with Gasteiger partial charge in [-0.15, -0.1) is 0 Å². The van der Waals surface area contributed by atoms with Crippen molar-refractivity contribution < 1.29 is 32.6 Å². The Kier molecular flexibility index (Phi) is 5.99. The number of aliphatic carboxylic acids is 1. The van der Waals surface area contributed by atoms with Crippen LogP contribution in [-0.4, -0.2) is 60.0 Å². The van der Waals surface area contributed by atoms with E-state index in [1.807, 2.05) is 0 Å². The Morgan fingerprint density at radius 1 is 1.31 bits per heavy atom. The molecule has 2 rings (SSSR count). The maximum atomic E-state index is 13.8. The van der Waals surface area contributed by atoms with E-state index >= 15 is 0 Å². The smallest absolute Gasteiger partial charge is 0.337 e. The molecule has 8 nitrogen and oxygen atoms in total. The van der Waals surface area contributed by atoms with E-state index in [1.54, 1.807) is 0 Å². The number of nitrogens with one attached hydrogen (secondary N) is 1. The first-order valence-electron chi connectivity index (χ1n) is 8.04. The molecule has 1 fully saturated rings. The second-order valence-electron chi connectivity index (χ2n) is 6.41. The third-order valence-electron chi connectivity index (χ3n) is 4.35. The summed E-state index contributed by atoms with van der Waals surface area (Å²) in [5.74, 6) is -3.24. The largest absolute Gasteiger partial charge is 0.479 e. The van der Waals surface area contributed by atoms with Gasteiger partial charge in [0.05, 0.1) is 6.54 Å². The number of rotatable bonds is 6. The Labute approximate surface area is 150 Å². The van der Waals surface area contributed by atoms with Crippen molar-refractivity contribution >= 4 is 21.9 Å². The van der Waals surface area contributed by atoms with Gasteiger partial charge in [0.1, 0.15) is 10.7 Å². The van der Waals surface area contributed by atoms with Crippen molar-refractivity contribution in [3.05, 3.63) is 30.1 Å². The van der Waals surface area contributed by atoms with Crippen LogP contribution in [0.1, 0.15) is 19.8 Å². The van der Waals surface area contributed by atoms with E-state index in [2.05, 4.69) is 5.32 Å². The van der Waals surface area contributed by atoms with Gasteiger partial charge in [-0.2, -0.15) is 4.31 Å². The SMILES string of the molecule is CC(O)(CNC(=O)C1CCN(S(=O)(=O)c2ccccc2F)CC1)C(=O)O. The van der Waals surface area contributed by atoms with E-state index in [0.717, 1.165) is 17.3 Å². The predicted molar refractivity (Wildman–Crippen MR) is 89.2 cm³/mol. The van der Waals surface area contributed by atoms with Crippen molar-refractivity contribution in [3.63, 3.8) is 0 Å². The molecule has 1 aliphatic heterocycles. The molecule has 144 valence electrons. The first kappa shape index (κ1) is 20.3. The fourth-order valence-electron chi connectivity index (χ4n) is 2.63. The number of hydrogen-bond donors (Lipinski definition) is 3. The van der Waals surface area contributed by atoms with E-state index in [9.17, 15) is 27.5 Å². The summed E-state index contributed by atoms with van der Waals surface area (Å²) in [6.07, 6.45) is 0.434. The first-order valence-corrected chi connectivity index (χ1v) is 9.48. The van der Waals surface area contributed by atoms with Crippen molar-refractivity contribution in [2.45, 2.75) is 30.3 Å². The number of piperidine rings is 1. The molecule has 0 saturated carbocycles. The second-order valence-corrected chi connectivity index (χ2v) is 8.31. The number of amides is 1. The van der Waals surface area contributed by atoms with Gasteiger partial charge in [-0.1, -0.05) is 12.1 Å². The van der Waals surface area contributed by atoms with Gasteiger partial charge in [0, 0.05) is 19.0 Å². The van der Waals surface area contributed by atoms with Gasteiger partial charge < -0.3 is 15.5 Å². The third kappa shape index (κ3) is 4.37. The highest BCUT2D eigenvalue weighted by atomic mass is 32.2. The van der Waals surface area contributed by atoms with Crippen LogP contribution < -0.4 is 5.32 Å². The van der Waals surface area contributed by atoms with Gasteiger partial charge in [0.25, 0.3) is 0 Å². The summed E-state index contributed by atoms with van der Waals surface area (Å²) in [5.41, 5.74) is -2.08. The molecule has 1 heterocycles. The van der Waals surface area contributed by atoms with E-state index < -0.39 is 50.7 Å². The zero-order valence-electron chi connectivity index (χ0n) is 14.2. The molecule has 1 amide bonds. The Morgan fingerprint density at radius 3 is 2.42 bits per heavy atom. The highest BCUT2D eigenvalue weighted by Gasteiger charge is 2.35. The van der Waals surface area contributed by atoms with Gasteiger partial charge in [-0.3, -0.25) is 4.79 Å². The highest BCUT2D eigenvalue weighted by molar-refractivity contribution is 7.89. The molecule has 1 aromatic rings. The zero-order valence-corrected chi connectivity index (χ0v) is 15.0. The summed E-state index contributed by atoms with van der Waals surface area (Å²) < 4.78 is 39.9. The molecule has 0 aliphatic carbocycles. The van der Waals surface area contributed by atoms with Gasteiger partial charge >= 0.3 is 5.97 Å². The average Bonchev–Trinajstić information content (AvgIpc) is 2.60. The minimum atomic E-state index is -3.98. The fourth-order valence-corrected chi connectivity index (χ4v) is 4.17. The number of aliphatic hydroxyl groups is 1. The molecular weight excluding hydrogens is 367 g/mol. The molecule has 1 unspecified atom stereocenters. The lowest BCUT2D eigenvalue weighted by Crippen LogP contribution is -2.49.